The van der Waals surface area contributed by atoms with Gasteiger partial charge in [0.15, 0.2) is 17.3 Å². The molecule has 0 amide bonds. The van der Waals surface area contributed by atoms with Crippen molar-refractivity contribution in [1.29, 1.82) is 0 Å². The van der Waals surface area contributed by atoms with E-state index in [0.717, 1.165) is 5.56 Å². The van der Waals surface area contributed by atoms with Gasteiger partial charge in [0.25, 0.3) is 0 Å². The summed E-state index contributed by atoms with van der Waals surface area (Å²) >= 11 is 0. The Morgan fingerprint density at radius 3 is 2.41 bits per heavy atom. The average molecular weight is 400 g/mol. The van der Waals surface area contributed by atoms with E-state index in [9.17, 15) is 9.59 Å². The largest absolute Gasteiger partial charge is 0.493 e. The monoisotopic (exact) mass is 400 g/mol. The number of hydrogen-bond donors (Lipinski definition) is 0. The molecule has 0 heterocycles. The molecule has 6 heteroatoms. The average Bonchev–Trinajstić information content (AvgIpc) is 2.88. The fraction of sp³-hybridized carbons (Fsp3) is 0.478. The molecule has 2 aliphatic rings. The van der Waals surface area contributed by atoms with Gasteiger partial charge in [-0.3, -0.25) is 9.59 Å². The first-order valence-corrected chi connectivity index (χ1v) is 9.65. The maximum Gasteiger partial charge on any atom is 0.303 e. The second-order valence-electron chi connectivity index (χ2n) is 7.57. The highest BCUT2D eigenvalue weighted by Crippen LogP contribution is 2.58. The molecule has 1 aromatic carbocycles. The zero-order valence-corrected chi connectivity index (χ0v) is 17.6. The Balaban J connectivity index is 2.17. The number of rotatable bonds is 7. The van der Waals surface area contributed by atoms with Crippen molar-refractivity contribution in [3.63, 3.8) is 0 Å². The van der Waals surface area contributed by atoms with Crippen LogP contribution in [0.5, 0.6) is 11.5 Å². The first-order chi connectivity index (χ1) is 13.8. The number of benzene rings is 1. The van der Waals surface area contributed by atoms with E-state index in [4.69, 9.17) is 18.9 Å². The third kappa shape index (κ3) is 3.25. The minimum atomic E-state index is -0.888. The molecule has 5 atom stereocenters. The molecular formula is C23H28O6. The number of ketones is 1. The quantitative estimate of drug-likeness (QED) is 0.516. The van der Waals surface area contributed by atoms with Crippen LogP contribution in [0.25, 0.3) is 0 Å². The van der Waals surface area contributed by atoms with Gasteiger partial charge in [0, 0.05) is 25.9 Å². The summed E-state index contributed by atoms with van der Waals surface area (Å²) in [4.78, 5) is 25.3. The van der Waals surface area contributed by atoms with Crippen molar-refractivity contribution < 1.29 is 28.5 Å². The van der Waals surface area contributed by atoms with Gasteiger partial charge in [-0.25, -0.2) is 0 Å². The molecule has 1 saturated carbocycles. The van der Waals surface area contributed by atoms with Gasteiger partial charge in [0.05, 0.1) is 20.1 Å². The number of Topliss-reactive ketones (excluding diaryl/α,β-unsaturated/α-hetero) is 1. The van der Waals surface area contributed by atoms with Crippen molar-refractivity contribution in [2.75, 3.05) is 21.3 Å². The molecule has 2 bridgehead atoms. The third-order valence-electron chi connectivity index (χ3n) is 6.23. The van der Waals surface area contributed by atoms with Crippen molar-refractivity contribution in [1.82, 2.24) is 0 Å². The number of hydrogen-bond acceptors (Lipinski definition) is 6. The summed E-state index contributed by atoms with van der Waals surface area (Å²) in [6, 6.07) is 5.64. The summed E-state index contributed by atoms with van der Waals surface area (Å²) in [5.41, 5.74) is 0.670. The predicted molar refractivity (Wildman–Crippen MR) is 108 cm³/mol. The van der Waals surface area contributed by atoms with Crippen LogP contribution in [0.2, 0.25) is 0 Å². The van der Waals surface area contributed by atoms with Crippen LogP contribution >= 0.6 is 0 Å². The molecule has 0 radical (unpaired) electrons. The van der Waals surface area contributed by atoms with Gasteiger partial charge in [0.2, 0.25) is 0 Å². The maximum absolute atomic E-state index is 13.4. The first-order valence-electron chi connectivity index (χ1n) is 9.65. The minimum absolute atomic E-state index is 0.0343. The van der Waals surface area contributed by atoms with Crippen molar-refractivity contribution in [3.8, 4) is 11.5 Å². The van der Waals surface area contributed by atoms with E-state index in [0.29, 0.717) is 23.5 Å². The van der Waals surface area contributed by atoms with E-state index in [1.165, 1.54) is 6.92 Å². The molecule has 2 aliphatic carbocycles. The lowest BCUT2D eigenvalue weighted by Gasteiger charge is -2.38. The second-order valence-corrected chi connectivity index (χ2v) is 7.57. The number of ether oxygens (including phenoxy) is 4. The van der Waals surface area contributed by atoms with Crippen molar-refractivity contribution >= 4 is 11.8 Å². The van der Waals surface area contributed by atoms with Gasteiger partial charge in [-0.15, -0.1) is 6.58 Å². The number of esters is 1. The normalized spacial score (nSPS) is 30.5. The Kier molecular flexibility index (Phi) is 5.85. The molecule has 0 saturated heterocycles. The summed E-state index contributed by atoms with van der Waals surface area (Å²) in [5, 5.41) is 0. The van der Waals surface area contributed by atoms with Crippen LogP contribution < -0.4 is 9.47 Å². The van der Waals surface area contributed by atoms with Crippen LogP contribution in [0.1, 0.15) is 31.7 Å². The summed E-state index contributed by atoms with van der Waals surface area (Å²) in [6.07, 6.45) is 3.29. The van der Waals surface area contributed by atoms with Gasteiger partial charge in [0.1, 0.15) is 11.7 Å². The Morgan fingerprint density at radius 2 is 1.86 bits per heavy atom. The molecule has 156 valence electrons. The third-order valence-corrected chi connectivity index (χ3v) is 6.23. The molecule has 0 unspecified atom stereocenters. The predicted octanol–water partition coefficient (Wildman–Crippen LogP) is 3.46. The highest BCUT2D eigenvalue weighted by Gasteiger charge is 2.65. The van der Waals surface area contributed by atoms with Gasteiger partial charge in [-0.2, -0.15) is 0 Å². The van der Waals surface area contributed by atoms with Gasteiger partial charge in [-0.1, -0.05) is 19.1 Å². The number of carbonyl (C=O) groups excluding carboxylic acids is 2. The molecule has 1 fully saturated rings. The molecule has 0 aromatic heterocycles. The van der Waals surface area contributed by atoms with Gasteiger partial charge >= 0.3 is 5.97 Å². The van der Waals surface area contributed by atoms with Crippen LogP contribution in [0.15, 0.2) is 42.5 Å². The number of fused-ring (bicyclic) bond motifs is 2. The van der Waals surface area contributed by atoms with Gasteiger partial charge < -0.3 is 18.9 Å². The zero-order valence-electron chi connectivity index (χ0n) is 17.6. The molecule has 29 heavy (non-hydrogen) atoms. The highest BCUT2D eigenvalue weighted by atomic mass is 16.6. The van der Waals surface area contributed by atoms with E-state index in [1.807, 2.05) is 31.2 Å². The Bertz CT molecular complexity index is 857. The SMILES string of the molecule is C=CCC1=C[C@@]2(OC)[C@H](OC(C)=O)[C@H](C1=O)[C@H](c1ccc(OC)c(OC)c1)[C@@H]2C. The maximum atomic E-state index is 13.4. The molecular weight excluding hydrogens is 372 g/mol. The lowest BCUT2D eigenvalue weighted by Crippen LogP contribution is -2.50. The van der Waals surface area contributed by atoms with E-state index in [2.05, 4.69) is 6.58 Å². The summed E-state index contributed by atoms with van der Waals surface area (Å²) < 4.78 is 22.5. The summed E-state index contributed by atoms with van der Waals surface area (Å²) in [7, 11) is 4.75. The number of methoxy groups -OCH3 is 3. The molecule has 0 N–H and O–H groups in total. The molecule has 1 aromatic rings. The van der Waals surface area contributed by atoms with E-state index in [1.54, 1.807) is 27.4 Å². The molecule has 6 nitrogen and oxygen atoms in total. The zero-order chi connectivity index (χ0) is 21.3. The highest BCUT2D eigenvalue weighted by molar-refractivity contribution is 6.01. The minimum Gasteiger partial charge on any atom is -0.493 e. The van der Waals surface area contributed by atoms with Crippen LogP contribution in [-0.4, -0.2) is 44.8 Å². The fourth-order valence-electron chi connectivity index (χ4n) is 4.97. The smallest absolute Gasteiger partial charge is 0.303 e. The second kappa shape index (κ2) is 8.03. The Labute approximate surface area is 171 Å². The Morgan fingerprint density at radius 1 is 1.17 bits per heavy atom. The summed E-state index contributed by atoms with van der Waals surface area (Å²) in [5.74, 6) is -0.160. The number of carbonyl (C=O) groups is 2. The van der Waals surface area contributed by atoms with E-state index in [-0.39, 0.29) is 17.6 Å². The van der Waals surface area contributed by atoms with Crippen LogP contribution in [0.3, 0.4) is 0 Å². The van der Waals surface area contributed by atoms with Gasteiger partial charge in [-0.05, 0) is 35.8 Å². The molecule has 3 rings (SSSR count). The van der Waals surface area contributed by atoms with Crippen LogP contribution in [0, 0.1) is 11.8 Å². The van der Waals surface area contributed by atoms with Crippen LogP contribution in [0.4, 0.5) is 0 Å². The fourth-order valence-corrected chi connectivity index (χ4v) is 4.97. The standard InChI is InChI=1S/C23H28O6/c1-7-8-16-12-23(28-6)13(2)19(20(21(16)25)22(23)29-14(3)24)15-9-10-17(26-4)18(11-15)27-5/h7,9-13,19-20,22H,1,8H2,2-6H3/t13-,19-,20-,22+,23-/m0/s1. The lowest BCUT2D eigenvalue weighted by molar-refractivity contribution is -0.166. The topological polar surface area (TPSA) is 71.1 Å². The van der Waals surface area contributed by atoms with Crippen molar-refractivity contribution in [2.45, 2.75) is 37.9 Å². The van der Waals surface area contributed by atoms with E-state index < -0.39 is 23.6 Å². The van der Waals surface area contributed by atoms with Crippen LogP contribution in [-0.2, 0) is 19.1 Å². The lowest BCUT2D eigenvalue weighted by atomic mass is 9.78. The number of allylic oxidation sites excluding steroid dienone is 2. The molecule has 0 spiro atoms. The molecule has 0 aliphatic heterocycles. The summed E-state index contributed by atoms with van der Waals surface area (Å²) in [6.45, 7) is 7.15. The van der Waals surface area contributed by atoms with E-state index >= 15 is 0 Å². The van der Waals surface area contributed by atoms with Crippen molar-refractivity contribution in [2.24, 2.45) is 11.8 Å². The first kappa shape index (κ1) is 21.1. The van der Waals surface area contributed by atoms with Crippen molar-refractivity contribution in [3.05, 3.63) is 48.1 Å². The Hall–Kier alpha value is -2.60.